The molecule has 0 saturated carbocycles. The van der Waals surface area contributed by atoms with Crippen molar-refractivity contribution in [2.75, 3.05) is 0 Å². The largest absolute Gasteiger partial charge is 0.483 e. The van der Waals surface area contributed by atoms with Crippen LogP contribution in [0.1, 0.15) is 16.7 Å². The van der Waals surface area contributed by atoms with Gasteiger partial charge in [0.15, 0.2) is 17.4 Å². The molecular weight excluding hydrogens is 289 g/mol. The van der Waals surface area contributed by atoms with Gasteiger partial charge in [-0.2, -0.15) is 0 Å². The quantitative estimate of drug-likeness (QED) is 0.742. The summed E-state index contributed by atoms with van der Waals surface area (Å²) in [6.45, 7) is 1.65. The Balaban J connectivity index is 2.21. The summed E-state index contributed by atoms with van der Waals surface area (Å²) in [5, 5.41) is 0. The number of halogens is 4. The smallest absolute Gasteiger partial charge is 0.191 e. The first-order valence-corrected chi connectivity index (χ1v) is 6.46. The highest BCUT2D eigenvalue weighted by atomic mass is 35.5. The zero-order chi connectivity index (χ0) is 14.7. The molecule has 0 radical (unpaired) electrons. The summed E-state index contributed by atoms with van der Waals surface area (Å²) in [6, 6.07) is 6.40. The Morgan fingerprint density at radius 1 is 1.05 bits per heavy atom. The van der Waals surface area contributed by atoms with Gasteiger partial charge in [0.25, 0.3) is 0 Å². The van der Waals surface area contributed by atoms with E-state index in [1.807, 2.05) is 0 Å². The third-order valence-electron chi connectivity index (χ3n) is 2.90. The first-order chi connectivity index (χ1) is 9.51. The topological polar surface area (TPSA) is 9.23 Å². The lowest BCUT2D eigenvalue weighted by Crippen LogP contribution is -2.02. The van der Waals surface area contributed by atoms with Crippen LogP contribution in [0.4, 0.5) is 13.2 Å². The Morgan fingerprint density at radius 3 is 2.30 bits per heavy atom. The normalized spacial score (nSPS) is 10.7. The van der Waals surface area contributed by atoms with Gasteiger partial charge in [-0.05, 0) is 47.9 Å². The summed E-state index contributed by atoms with van der Waals surface area (Å²) in [5.41, 5.74) is 1.64. The standard InChI is InChI=1S/C15H12ClF3O/c1-9-2-3-12(17)6-11(9)8-20-15-13(18)4-10(7-16)5-14(15)19/h2-6H,7-8H2,1H3. The van der Waals surface area contributed by atoms with Crippen molar-refractivity contribution in [1.29, 1.82) is 0 Å². The maximum Gasteiger partial charge on any atom is 0.191 e. The van der Waals surface area contributed by atoms with Gasteiger partial charge < -0.3 is 4.74 Å². The van der Waals surface area contributed by atoms with Crippen LogP contribution < -0.4 is 4.74 Å². The fourth-order valence-electron chi connectivity index (χ4n) is 1.77. The molecule has 1 nitrogen and oxygen atoms in total. The number of aryl methyl sites for hydroxylation is 1. The average molecular weight is 301 g/mol. The molecule has 0 aliphatic carbocycles. The Labute approximate surface area is 119 Å². The number of alkyl halides is 1. The Kier molecular flexibility index (Phi) is 4.55. The number of hydrogen-bond acceptors (Lipinski definition) is 1. The van der Waals surface area contributed by atoms with E-state index in [1.54, 1.807) is 13.0 Å². The van der Waals surface area contributed by atoms with Crippen molar-refractivity contribution < 1.29 is 17.9 Å². The molecule has 0 unspecified atom stereocenters. The summed E-state index contributed by atoms with van der Waals surface area (Å²) >= 11 is 5.52. The highest BCUT2D eigenvalue weighted by Gasteiger charge is 2.13. The van der Waals surface area contributed by atoms with Gasteiger partial charge in [-0.15, -0.1) is 11.6 Å². The van der Waals surface area contributed by atoms with E-state index in [0.29, 0.717) is 11.1 Å². The van der Waals surface area contributed by atoms with Crippen LogP contribution in [0.15, 0.2) is 30.3 Å². The van der Waals surface area contributed by atoms with Gasteiger partial charge in [-0.3, -0.25) is 0 Å². The summed E-state index contributed by atoms with van der Waals surface area (Å²) in [6.07, 6.45) is 0. The van der Waals surface area contributed by atoms with Crippen LogP contribution in [0.2, 0.25) is 0 Å². The van der Waals surface area contributed by atoms with Crippen molar-refractivity contribution >= 4 is 11.6 Å². The second-order valence-electron chi connectivity index (χ2n) is 4.38. The van der Waals surface area contributed by atoms with Gasteiger partial charge in [0.05, 0.1) is 0 Å². The van der Waals surface area contributed by atoms with Gasteiger partial charge in [-0.1, -0.05) is 6.07 Å². The van der Waals surface area contributed by atoms with E-state index in [4.69, 9.17) is 16.3 Å². The third-order valence-corrected chi connectivity index (χ3v) is 3.20. The zero-order valence-electron chi connectivity index (χ0n) is 10.7. The number of hydrogen-bond donors (Lipinski definition) is 0. The second-order valence-corrected chi connectivity index (χ2v) is 4.65. The number of ether oxygens (including phenoxy) is 1. The van der Waals surface area contributed by atoms with E-state index >= 15 is 0 Å². The molecular formula is C15H12ClF3O. The van der Waals surface area contributed by atoms with Crippen LogP contribution >= 0.6 is 11.6 Å². The van der Waals surface area contributed by atoms with E-state index in [2.05, 4.69) is 0 Å². The first kappa shape index (κ1) is 14.7. The van der Waals surface area contributed by atoms with E-state index in [9.17, 15) is 13.2 Å². The van der Waals surface area contributed by atoms with Crippen molar-refractivity contribution in [3.8, 4) is 5.75 Å². The minimum atomic E-state index is -0.824. The molecule has 0 aliphatic heterocycles. The van der Waals surface area contributed by atoms with Crippen molar-refractivity contribution in [2.24, 2.45) is 0 Å². The van der Waals surface area contributed by atoms with Crippen LogP contribution in [0.3, 0.4) is 0 Å². The van der Waals surface area contributed by atoms with Crippen LogP contribution in [-0.4, -0.2) is 0 Å². The van der Waals surface area contributed by atoms with E-state index in [0.717, 1.165) is 17.7 Å². The van der Waals surface area contributed by atoms with Gasteiger partial charge in [-0.25, -0.2) is 13.2 Å². The Morgan fingerprint density at radius 2 is 1.70 bits per heavy atom. The molecule has 0 spiro atoms. The fourth-order valence-corrected chi connectivity index (χ4v) is 1.93. The van der Waals surface area contributed by atoms with Gasteiger partial charge in [0, 0.05) is 5.88 Å². The minimum Gasteiger partial charge on any atom is -0.483 e. The molecule has 5 heteroatoms. The first-order valence-electron chi connectivity index (χ1n) is 5.93. The second kappa shape index (κ2) is 6.18. The van der Waals surface area contributed by atoms with Crippen LogP contribution in [0.25, 0.3) is 0 Å². The lowest BCUT2D eigenvalue weighted by molar-refractivity contribution is 0.273. The summed E-state index contributed by atoms with van der Waals surface area (Å²) in [7, 11) is 0. The number of benzene rings is 2. The minimum absolute atomic E-state index is 0.0110. The molecule has 0 atom stereocenters. The van der Waals surface area contributed by atoms with Gasteiger partial charge >= 0.3 is 0 Å². The molecule has 20 heavy (non-hydrogen) atoms. The molecule has 0 bridgehead atoms. The molecule has 0 N–H and O–H groups in total. The summed E-state index contributed by atoms with van der Waals surface area (Å²) in [5.74, 6) is -2.54. The zero-order valence-corrected chi connectivity index (χ0v) is 11.5. The maximum absolute atomic E-state index is 13.7. The maximum atomic E-state index is 13.7. The van der Waals surface area contributed by atoms with Crippen molar-refractivity contribution in [3.05, 3.63) is 64.5 Å². The lowest BCUT2D eigenvalue weighted by Gasteiger charge is -2.11. The monoisotopic (exact) mass is 300 g/mol. The molecule has 0 heterocycles. The van der Waals surface area contributed by atoms with E-state index in [-0.39, 0.29) is 12.5 Å². The molecule has 0 fully saturated rings. The molecule has 0 saturated heterocycles. The Hall–Kier alpha value is -1.68. The summed E-state index contributed by atoms with van der Waals surface area (Å²) < 4.78 is 45.6. The predicted octanol–water partition coefficient (Wildman–Crippen LogP) is 4.73. The Bertz CT molecular complexity index is 606. The summed E-state index contributed by atoms with van der Waals surface area (Å²) in [4.78, 5) is 0. The van der Waals surface area contributed by atoms with Crippen LogP contribution in [0, 0.1) is 24.4 Å². The van der Waals surface area contributed by atoms with Gasteiger partial charge in [0.1, 0.15) is 12.4 Å². The molecule has 0 aliphatic rings. The predicted molar refractivity (Wildman–Crippen MR) is 71.4 cm³/mol. The highest BCUT2D eigenvalue weighted by molar-refractivity contribution is 6.17. The number of rotatable bonds is 4. The fraction of sp³-hybridized carbons (Fsp3) is 0.200. The van der Waals surface area contributed by atoms with Gasteiger partial charge in [0.2, 0.25) is 0 Å². The lowest BCUT2D eigenvalue weighted by atomic mass is 10.1. The molecule has 106 valence electrons. The molecule has 2 aromatic rings. The van der Waals surface area contributed by atoms with Crippen molar-refractivity contribution in [3.63, 3.8) is 0 Å². The van der Waals surface area contributed by atoms with E-state index < -0.39 is 23.2 Å². The highest BCUT2D eigenvalue weighted by Crippen LogP contribution is 2.25. The average Bonchev–Trinajstić information content (AvgIpc) is 2.41. The van der Waals surface area contributed by atoms with Crippen molar-refractivity contribution in [1.82, 2.24) is 0 Å². The molecule has 2 rings (SSSR count). The van der Waals surface area contributed by atoms with E-state index in [1.165, 1.54) is 12.1 Å². The molecule has 0 aromatic heterocycles. The molecule has 0 amide bonds. The van der Waals surface area contributed by atoms with Crippen LogP contribution in [-0.2, 0) is 12.5 Å². The molecule has 2 aromatic carbocycles. The van der Waals surface area contributed by atoms with Crippen molar-refractivity contribution in [2.45, 2.75) is 19.4 Å². The third kappa shape index (κ3) is 3.25. The van der Waals surface area contributed by atoms with Crippen LogP contribution in [0.5, 0.6) is 5.75 Å². The SMILES string of the molecule is Cc1ccc(F)cc1COc1c(F)cc(CCl)cc1F.